The van der Waals surface area contributed by atoms with Crippen LogP contribution in [-0.4, -0.2) is 57.8 Å². The lowest BCUT2D eigenvalue weighted by atomic mass is 9.95. The Bertz CT molecular complexity index is 2040. The van der Waals surface area contributed by atoms with E-state index in [1.54, 1.807) is 121 Å². The fourth-order valence-corrected chi connectivity index (χ4v) is 5.50. The zero-order valence-electron chi connectivity index (χ0n) is 26.7. The van der Waals surface area contributed by atoms with Crippen molar-refractivity contribution < 1.29 is 38.1 Å². The predicted octanol–water partition coefficient (Wildman–Crippen LogP) is 5.09. The van der Waals surface area contributed by atoms with Crippen LogP contribution in [0.5, 0.6) is 0 Å². The van der Waals surface area contributed by atoms with Gasteiger partial charge in [-0.25, -0.2) is 19.2 Å². The first-order chi connectivity index (χ1) is 24.2. The number of anilines is 1. The second-order valence-electron chi connectivity index (χ2n) is 11.4. The van der Waals surface area contributed by atoms with Gasteiger partial charge >= 0.3 is 23.6 Å². The van der Waals surface area contributed by atoms with Crippen molar-refractivity contribution in [2.24, 2.45) is 0 Å². The van der Waals surface area contributed by atoms with E-state index in [9.17, 15) is 24.0 Å². The van der Waals surface area contributed by atoms with Gasteiger partial charge in [0.25, 0.3) is 5.91 Å². The molecule has 0 bridgehead atoms. The number of hydrogen-bond acceptors (Lipinski definition) is 10. The summed E-state index contributed by atoms with van der Waals surface area (Å²) in [7, 11) is 0. The number of nitrogens with one attached hydrogen (secondary N) is 1. The van der Waals surface area contributed by atoms with Gasteiger partial charge in [0.15, 0.2) is 17.9 Å². The average molecular weight is 674 g/mol. The van der Waals surface area contributed by atoms with Gasteiger partial charge in [0.1, 0.15) is 18.5 Å². The fourth-order valence-electron chi connectivity index (χ4n) is 5.50. The van der Waals surface area contributed by atoms with Gasteiger partial charge in [0.2, 0.25) is 0 Å². The largest absolute Gasteiger partial charge is 0.459 e. The van der Waals surface area contributed by atoms with E-state index in [4.69, 9.17) is 18.9 Å². The van der Waals surface area contributed by atoms with Gasteiger partial charge in [-0.3, -0.25) is 9.36 Å². The Labute approximate surface area is 286 Å². The fraction of sp³-hybridized carbons (Fsp3) is 0.158. The van der Waals surface area contributed by atoms with Crippen molar-refractivity contribution >= 4 is 29.6 Å². The first-order valence-corrected chi connectivity index (χ1v) is 15.6. The number of aromatic nitrogens is 2. The van der Waals surface area contributed by atoms with Crippen molar-refractivity contribution in [2.75, 3.05) is 11.9 Å². The lowest BCUT2D eigenvalue weighted by molar-refractivity contribution is -0.111. The van der Waals surface area contributed by atoms with Crippen LogP contribution in [0.4, 0.5) is 5.82 Å². The lowest BCUT2D eigenvalue weighted by Gasteiger charge is -2.34. The molecule has 1 amide bonds. The first kappa shape index (κ1) is 33.5. The molecule has 1 saturated heterocycles. The van der Waals surface area contributed by atoms with Crippen LogP contribution in [0.15, 0.2) is 138 Å². The quantitative estimate of drug-likeness (QED) is 0.157. The number of amides is 1. The Morgan fingerprint density at radius 3 is 1.76 bits per heavy atom. The maximum atomic E-state index is 13.6. The third-order valence-corrected chi connectivity index (χ3v) is 8.01. The van der Waals surface area contributed by atoms with Gasteiger partial charge in [0, 0.05) is 11.8 Å². The summed E-state index contributed by atoms with van der Waals surface area (Å²) in [4.78, 5) is 70.3. The Balaban J connectivity index is 1.36. The minimum absolute atomic E-state index is 0.0403. The number of ether oxygens (including phenoxy) is 4. The molecule has 0 aliphatic carbocycles. The second-order valence-corrected chi connectivity index (χ2v) is 11.4. The van der Waals surface area contributed by atoms with Crippen molar-refractivity contribution in [1.29, 1.82) is 0 Å². The molecule has 252 valence electrons. The van der Waals surface area contributed by atoms with Gasteiger partial charge in [-0.05, 0) is 61.5 Å². The number of carbonyl (C=O) groups excluding carboxylic acids is 4. The van der Waals surface area contributed by atoms with Crippen molar-refractivity contribution in [1.82, 2.24) is 9.55 Å². The Morgan fingerprint density at radius 1 is 0.720 bits per heavy atom. The molecule has 5 aromatic rings. The van der Waals surface area contributed by atoms with E-state index in [2.05, 4.69) is 10.3 Å². The van der Waals surface area contributed by atoms with E-state index in [1.807, 2.05) is 0 Å². The first-order valence-electron chi connectivity index (χ1n) is 15.6. The molecule has 50 heavy (non-hydrogen) atoms. The molecule has 1 aliphatic heterocycles. The molecule has 6 rings (SSSR count). The average Bonchev–Trinajstić information content (AvgIpc) is 3.41. The summed E-state index contributed by atoms with van der Waals surface area (Å²) in [6, 6.07) is 34.2. The topological polar surface area (TPSA) is 152 Å². The molecule has 4 aromatic carbocycles. The summed E-state index contributed by atoms with van der Waals surface area (Å²) in [5, 5.41) is 2.59. The minimum Gasteiger partial charge on any atom is -0.459 e. The number of rotatable bonds is 10. The third-order valence-electron chi connectivity index (χ3n) is 8.01. The molecule has 4 unspecified atom stereocenters. The molecule has 1 N–H and O–H groups in total. The SMILES string of the molecule is CC1(OC(=O)c2ccccc2)C(OC(=O)c2ccccc2)C(COC(=O)c2ccccc2)OC1n1ccc(NC(=O)c2ccccc2)nc1=O. The maximum Gasteiger partial charge on any atom is 0.351 e. The predicted molar refractivity (Wildman–Crippen MR) is 179 cm³/mol. The summed E-state index contributed by atoms with van der Waals surface area (Å²) in [5.74, 6) is -2.77. The molecule has 12 heteroatoms. The summed E-state index contributed by atoms with van der Waals surface area (Å²) in [5.41, 5.74) is -1.76. The minimum atomic E-state index is -1.89. The van der Waals surface area contributed by atoms with Gasteiger partial charge in [-0.2, -0.15) is 4.98 Å². The highest BCUT2D eigenvalue weighted by Crippen LogP contribution is 2.43. The monoisotopic (exact) mass is 673 g/mol. The Kier molecular flexibility index (Phi) is 9.91. The van der Waals surface area contributed by atoms with Gasteiger partial charge in [-0.1, -0.05) is 72.8 Å². The van der Waals surface area contributed by atoms with Crippen molar-refractivity contribution in [3.63, 3.8) is 0 Å². The molecule has 2 heterocycles. The lowest BCUT2D eigenvalue weighted by Crippen LogP contribution is -2.51. The smallest absolute Gasteiger partial charge is 0.351 e. The van der Waals surface area contributed by atoms with Crippen LogP contribution in [0, 0.1) is 0 Å². The summed E-state index contributed by atoms with van der Waals surface area (Å²) >= 11 is 0. The third kappa shape index (κ3) is 7.35. The van der Waals surface area contributed by atoms with Crippen LogP contribution in [0.25, 0.3) is 0 Å². The number of benzene rings is 4. The molecule has 0 radical (unpaired) electrons. The highest BCUT2D eigenvalue weighted by atomic mass is 16.7. The van der Waals surface area contributed by atoms with Crippen molar-refractivity contribution in [2.45, 2.75) is 31.0 Å². The molecular formula is C38H31N3O9. The standard InChI is InChI=1S/C38H31N3O9/c1-38(50-35(45)28-20-12-5-13-21-28)31(49-34(44)27-18-10-4-11-19-27)29(24-47-33(43)26-16-8-3-9-17-26)48-36(38)41-23-22-30(40-37(41)46)39-32(42)25-14-6-2-7-15-25/h2-23,29,31,36H,24H2,1H3,(H,39,40,42,46). The molecule has 4 atom stereocenters. The number of esters is 3. The molecule has 0 saturated carbocycles. The van der Waals surface area contributed by atoms with Crippen molar-refractivity contribution in [3.05, 3.63) is 166 Å². The van der Waals surface area contributed by atoms with E-state index in [1.165, 1.54) is 19.2 Å². The van der Waals surface area contributed by atoms with E-state index in [0.717, 1.165) is 4.57 Å². The highest BCUT2D eigenvalue weighted by molar-refractivity contribution is 6.03. The zero-order valence-corrected chi connectivity index (χ0v) is 26.7. The molecule has 12 nitrogen and oxygen atoms in total. The van der Waals surface area contributed by atoms with Gasteiger partial charge in [0.05, 0.1) is 16.7 Å². The van der Waals surface area contributed by atoms with Crippen LogP contribution in [0.3, 0.4) is 0 Å². The van der Waals surface area contributed by atoms with E-state index < -0.39 is 60.1 Å². The summed E-state index contributed by atoms with van der Waals surface area (Å²) < 4.78 is 25.0. The molecular weight excluding hydrogens is 642 g/mol. The van der Waals surface area contributed by atoms with E-state index in [-0.39, 0.29) is 22.5 Å². The number of nitrogens with zero attached hydrogens (tertiary/aromatic N) is 2. The summed E-state index contributed by atoms with van der Waals surface area (Å²) in [6.07, 6.45) is -2.76. The number of carbonyl (C=O) groups is 4. The summed E-state index contributed by atoms with van der Waals surface area (Å²) in [6.45, 7) is 1.01. The zero-order chi connectivity index (χ0) is 35.1. The normalized spacial score (nSPS) is 19.6. The molecule has 0 spiro atoms. The number of hydrogen-bond donors (Lipinski definition) is 1. The molecule has 1 fully saturated rings. The molecule has 1 aliphatic rings. The van der Waals surface area contributed by atoms with E-state index >= 15 is 0 Å². The van der Waals surface area contributed by atoms with Crippen LogP contribution < -0.4 is 11.0 Å². The highest BCUT2D eigenvalue weighted by Gasteiger charge is 2.60. The van der Waals surface area contributed by atoms with Crippen LogP contribution in [0.2, 0.25) is 0 Å². The maximum absolute atomic E-state index is 13.6. The Morgan fingerprint density at radius 2 is 1.22 bits per heavy atom. The van der Waals surface area contributed by atoms with Crippen molar-refractivity contribution in [3.8, 4) is 0 Å². The van der Waals surface area contributed by atoms with Crippen LogP contribution in [0.1, 0.15) is 54.6 Å². The Hall–Kier alpha value is -6.40. The van der Waals surface area contributed by atoms with E-state index in [0.29, 0.717) is 5.56 Å². The molecule has 1 aromatic heterocycles. The van der Waals surface area contributed by atoms with Gasteiger partial charge in [-0.15, -0.1) is 0 Å². The van der Waals surface area contributed by atoms with Gasteiger partial charge < -0.3 is 24.3 Å². The van der Waals surface area contributed by atoms with Crippen LogP contribution in [-0.2, 0) is 18.9 Å². The van der Waals surface area contributed by atoms with Crippen LogP contribution >= 0.6 is 0 Å². The second kappa shape index (κ2) is 14.8.